The largest absolute Gasteiger partial charge is 0.591 e. The highest BCUT2D eigenvalue weighted by molar-refractivity contribution is 7.45. The van der Waals surface area contributed by atoms with Gasteiger partial charge in [0.05, 0.1) is 0 Å². The van der Waals surface area contributed by atoms with E-state index in [1.54, 1.807) is 24.3 Å². The normalized spacial score (nSPS) is 10.3. The third-order valence-electron chi connectivity index (χ3n) is 2.63. The van der Waals surface area contributed by atoms with Gasteiger partial charge in [-0.2, -0.15) is 0 Å². The first kappa shape index (κ1) is 18.0. The number of hydrogen-bond acceptors (Lipinski definition) is 4. The zero-order valence-electron chi connectivity index (χ0n) is 12.8. The molecule has 0 aromatic heterocycles. The SMILES string of the molecule is CNC.Cc1ccc(NC(=O)c2cccc([P+](=O)[O-])c2)cc1. The summed E-state index contributed by atoms with van der Waals surface area (Å²) in [6.07, 6.45) is 0. The number of nitrogens with one attached hydrogen (secondary N) is 2. The van der Waals surface area contributed by atoms with Crippen molar-refractivity contribution in [3.05, 3.63) is 59.7 Å². The van der Waals surface area contributed by atoms with E-state index in [0.717, 1.165) is 5.56 Å². The van der Waals surface area contributed by atoms with E-state index in [9.17, 15) is 14.3 Å². The van der Waals surface area contributed by atoms with Gasteiger partial charge in [-0.25, -0.2) is 0 Å². The van der Waals surface area contributed by atoms with Crippen LogP contribution in [0, 0.1) is 6.92 Å². The lowest BCUT2D eigenvalue weighted by atomic mass is 10.2. The van der Waals surface area contributed by atoms with E-state index >= 15 is 0 Å². The van der Waals surface area contributed by atoms with Crippen LogP contribution in [-0.2, 0) is 4.57 Å². The fourth-order valence-corrected chi connectivity index (χ4v) is 2.05. The minimum atomic E-state index is -2.68. The van der Waals surface area contributed by atoms with Crippen molar-refractivity contribution in [3.63, 3.8) is 0 Å². The highest BCUT2D eigenvalue weighted by atomic mass is 31.1. The molecule has 0 fully saturated rings. The van der Waals surface area contributed by atoms with Crippen LogP contribution in [0.2, 0.25) is 0 Å². The third kappa shape index (κ3) is 5.74. The van der Waals surface area contributed by atoms with E-state index in [-0.39, 0.29) is 11.2 Å². The van der Waals surface area contributed by atoms with Gasteiger partial charge in [0, 0.05) is 17.3 Å². The maximum atomic E-state index is 12.0. The molecule has 22 heavy (non-hydrogen) atoms. The highest BCUT2D eigenvalue weighted by Crippen LogP contribution is 2.13. The molecule has 5 nitrogen and oxygen atoms in total. The molecule has 0 saturated heterocycles. The minimum Gasteiger partial charge on any atom is -0.591 e. The summed E-state index contributed by atoms with van der Waals surface area (Å²) >= 11 is 0. The summed E-state index contributed by atoms with van der Waals surface area (Å²) in [6.45, 7) is 1.96. The molecule has 1 amide bonds. The first-order valence-corrected chi connectivity index (χ1v) is 7.86. The van der Waals surface area contributed by atoms with Crippen molar-refractivity contribution >= 4 is 24.9 Å². The van der Waals surface area contributed by atoms with Crippen LogP contribution in [0.1, 0.15) is 15.9 Å². The van der Waals surface area contributed by atoms with Crippen LogP contribution in [0.4, 0.5) is 5.69 Å². The predicted molar refractivity (Wildman–Crippen MR) is 87.8 cm³/mol. The molecule has 0 spiro atoms. The van der Waals surface area contributed by atoms with Gasteiger partial charge in [-0.3, -0.25) is 4.79 Å². The van der Waals surface area contributed by atoms with Gasteiger partial charge in [-0.15, -0.1) is 0 Å². The van der Waals surface area contributed by atoms with Crippen molar-refractivity contribution in [3.8, 4) is 0 Å². The molecule has 0 saturated carbocycles. The Labute approximate surface area is 131 Å². The summed E-state index contributed by atoms with van der Waals surface area (Å²) in [7, 11) is 1.07. The molecular weight excluding hydrogens is 299 g/mol. The number of aryl methyl sites for hydroxylation is 1. The third-order valence-corrected chi connectivity index (χ3v) is 3.33. The second-order valence-corrected chi connectivity index (χ2v) is 5.66. The molecule has 0 heterocycles. The molecule has 0 bridgehead atoms. The Kier molecular flexibility index (Phi) is 7.40. The van der Waals surface area contributed by atoms with Crippen LogP contribution in [0.5, 0.6) is 0 Å². The number of rotatable bonds is 3. The van der Waals surface area contributed by atoms with Crippen molar-refractivity contribution in [2.45, 2.75) is 6.92 Å². The van der Waals surface area contributed by atoms with Crippen LogP contribution >= 0.6 is 8.03 Å². The van der Waals surface area contributed by atoms with E-state index < -0.39 is 8.03 Å². The Morgan fingerprint density at radius 1 is 1.09 bits per heavy atom. The molecule has 2 N–H and O–H groups in total. The molecule has 6 heteroatoms. The molecule has 2 aromatic rings. The number of benzene rings is 2. The number of carbonyl (C=O) groups is 1. The van der Waals surface area contributed by atoms with Crippen LogP contribution < -0.4 is 20.8 Å². The van der Waals surface area contributed by atoms with Crippen LogP contribution in [0.3, 0.4) is 0 Å². The molecule has 0 aliphatic heterocycles. The Hall–Kier alpha value is -2.07. The van der Waals surface area contributed by atoms with Gasteiger partial charge in [-0.1, -0.05) is 28.3 Å². The Morgan fingerprint density at radius 3 is 2.23 bits per heavy atom. The molecule has 0 aliphatic rings. The Bertz CT molecular complexity index is 642. The summed E-state index contributed by atoms with van der Waals surface area (Å²) in [5.41, 5.74) is 2.09. The van der Waals surface area contributed by atoms with Crippen LogP contribution in [0.15, 0.2) is 48.5 Å². The van der Waals surface area contributed by atoms with Gasteiger partial charge in [0.25, 0.3) is 5.91 Å². The smallest absolute Gasteiger partial charge is 0.348 e. The van der Waals surface area contributed by atoms with Crippen molar-refractivity contribution in [1.29, 1.82) is 0 Å². The van der Waals surface area contributed by atoms with Crippen molar-refractivity contribution < 1.29 is 14.3 Å². The lowest BCUT2D eigenvalue weighted by Gasteiger charge is -2.05. The van der Waals surface area contributed by atoms with Gasteiger partial charge in [0.1, 0.15) is 0 Å². The molecule has 1 atom stereocenters. The van der Waals surface area contributed by atoms with E-state index in [2.05, 4.69) is 10.6 Å². The number of carbonyl (C=O) groups excluding carboxylic acids is 1. The molecule has 116 valence electrons. The summed E-state index contributed by atoms with van der Waals surface area (Å²) in [6, 6.07) is 13.3. The molecular formula is C16H19N2O3P. The molecule has 2 rings (SSSR count). The average Bonchev–Trinajstić information content (AvgIpc) is 2.50. The second kappa shape index (κ2) is 9.05. The Morgan fingerprint density at radius 2 is 1.68 bits per heavy atom. The molecule has 1 unspecified atom stereocenters. The number of hydrogen-bond donors (Lipinski definition) is 2. The van der Waals surface area contributed by atoms with E-state index in [1.807, 2.05) is 33.2 Å². The van der Waals surface area contributed by atoms with Crippen LogP contribution in [0.25, 0.3) is 0 Å². The quantitative estimate of drug-likeness (QED) is 0.846. The topological polar surface area (TPSA) is 81.3 Å². The first-order chi connectivity index (χ1) is 10.5. The zero-order valence-corrected chi connectivity index (χ0v) is 13.7. The zero-order chi connectivity index (χ0) is 16.5. The average molecular weight is 318 g/mol. The lowest BCUT2D eigenvalue weighted by Crippen LogP contribution is -2.14. The summed E-state index contributed by atoms with van der Waals surface area (Å²) < 4.78 is 10.9. The summed E-state index contributed by atoms with van der Waals surface area (Å²) in [5.74, 6) is -0.331. The van der Waals surface area contributed by atoms with E-state index in [4.69, 9.17) is 0 Å². The monoisotopic (exact) mass is 318 g/mol. The van der Waals surface area contributed by atoms with Crippen molar-refractivity contribution in [2.24, 2.45) is 0 Å². The fourth-order valence-electron chi connectivity index (χ4n) is 1.60. The number of anilines is 1. The van der Waals surface area contributed by atoms with E-state index in [0.29, 0.717) is 11.3 Å². The van der Waals surface area contributed by atoms with Gasteiger partial charge >= 0.3 is 8.03 Å². The van der Waals surface area contributed by atoms with E-state index in [1.165, 1.54) is 12.1 Å². The minimum absolute atomic E-state index is 0.131. The van der Waals surface area contributed by atoms with Gasteiger partial charge in [-0.05, 0) is 45.3 Å². The summed E-state index contributed by atoms with van der Waals surface area (Å²) in [4.78, 5) is 22.8. The highest BCUT2D eigenvalue weighted by Gasteiger charge is 2.12. The van der Waals surface area contributed by atoms with Gasteiger partial charge < -0.3 is 15.5 Å². The predicted octanol–water partition coefficient (Wildman–Crippen LogP) is 1.81. The van der Waals surface area contributed by atoms with Gasteiger partial charge in [0.15, 0.2) is 5.30 Å². The lowest BCUT2D eigenvalue weighted by molar-refractivity contribution is -0.160. The van der Waals surface area contributed by atoms with Crippen LogP contribution in [-0.4, -0.2) is 20.0 Å². The maximum absolute atomic E-state index is 12.0. The first-order valence-electron chi connectivity index (χ1n) is 6.69. The fraction of sp³-hybridized carbons (Fsp3) is 0.188. The van der Waals surface area contributed by atoms with Gasteiger partial charge in [0.2, 0.25) is 0 Å². The molecule has 0 aliphatic carbocycles. The Balaban J connectivity index is 0.000000745. The van der Waals surface area contributed by atoms with Crippen molar-refractivity contribution in [2.75, 3.05) is 19.4 Å². The molecule has 0 radical (unpaired) electrons. The molecule has 2 aromatic carbocycles. The standard InChI is InChI=1S/C14H12NO3P.C2H7N/c1-10-5-7-12(8-6-10)15-14(16)11-3-2-4-13(9-11)19(17)18;1-3-2/h2-9H,1H3,(H,15,16);3H,1-2H3. The summed E-state index contributed by atoms with van der Waals surface area (Å²) in [5, 5.41) is 5.60. The van der Waals surface area contributed by atoms with Crippen molar-refractivity contribution in [1.82, 2.24) is 5.32 Å². The maximum Gasteiger partial charge on any atom is 0.348 e. The number of amides is 1. The second-order valence-electron chi connectivity index (χ2n) is 4.63.